The molecule has 2 aromatic carbocycles. The maximum Gasteiger partial charge on any atom is 0.239 e. The molecule has 2 heterocycles. The first-order valence-corrected chi connectivity index (χ1v) is 10.7. The molecule has 0 radical (unpaired) electrons. The number of thioether (sulfide) groups is 1. The van der Waals surface area contributed by atoms with E-state index in [1.54, 1.807) is 4.68 Å². The standard InChI is InChI=1S/C20H18N6OS2/c1-13-8-10-16(11-9-13)26-20(23-24-25-26)29-14(2)18(27)22-19-21-17(12-28-19)15-6-4-3-5-7-15/h3-12,14H,1-2H3,(H,21,22,27). The van der Waals surface area contributed by atoms with Crippen molar-refractivity contribution < 1.29 is 4.79 Å². The van der Waals surface area contributed by atoms with E-state index in [4.69, 9.17) is 0 Å². The first kappa shape index (κ1) is 19.3. The monoisotopic (exact) mass is 422 g/mol. The number of nitrogens with zero attached hydrogens (tertiary/aromatic N) is 5. The molecule has 2 aromatic heterocycles. The number of rotatable bonds is 6. The van der Waals surface area contributed by atoms with E-state index < -0.39 is 5.25 Å². The van der Waals surface area contributed by atoms with Crippen LogP contribution in [0.5, 0.6) is 0 Å². The van der Waals surface area contributed by atoms with Crippen LogP contribution < -0.4 is 5.32 Å². The molecule has 0 aliphatic rings. The highest BCUT2D eigenvalue weighted by atomic mass is 32.2. The Balaban J connectivity index is 1.43. The van der Waals surface area contributed by atoms with E-state index in [-0.39, 0.29) is 5.91 Å². The van der Waals surface area contributed by atoms with Gasteiger partial charge in [-0.2, -0.15) is 4.68 Å². The van der Waals surface area contributed by atoms with Gasteiger partial charge in [0.25, 0.3) is 0 Å². The van der Waals surface area contributed by atoms with E-state index in [0.717, 1.165) is 22.5 Å². The minimum absolute atomic E-state index is 0.151. The average Bonchev–Trinajstić information content (AvgIpc) is 3.39. The summed E-state index contributed by atoms with van der Waals surface area (Å²) in [6.07, 6.45) is 0. The minimum Gasteiger partial charge on any atom is -0.301 e. The lowest BCUT2D eigenvalue weighted by Gasteiger charge is -2.10. The summed E-state index contributed by atoms with van der Waals surface area (Å²) in [5.74, 6) is -0.151. The molecule has 4 aromatic rings. The van der Waals surface area contributed by atoms with Crippen LogP contribution in [0, 0.1) is 6.92 Å². The number of carbonyl (C=O) groups excluding carboxylic acids is 1. The summed E-state index contributed by atoms with van der Waals surface area (Å²) in [5.41, 5.74) is 3.86. The number of carbonyl (C=O) groups is 1. The summed E-state index contributed by atoms with van der Waals surface area (Å²) < 4.78 is 1.63. The Morgan fingerprint density at radius 1 is 1.14 bits per heavy atom. The average molecular weight is 423 g/mol. The van der Waals surface area contributed by atoms with Gasteiger partial charge >= 0.3 is 0 Å². The molecule has 1 atom stereocenters. The Kier molecular flexibility index (Phi) is 5.68. The zero-order valence-electron chi connectivity index (χ0n) is 15.8. The Morgan fingerprint density at radius 2 is 1.90 bits per heavy atom. The van der Waals surface area contributed by atoms with Gasteiger partial charge in [0.05, 0.1) is 16.6 Å². The maximum absolute atomic E-state index is 12.6. The van der Waals surface area contributed by atoms with Crippen molar-refractivity contribution in [2.45, 2.75) is 24.3 Å². The van der Waals surface area contributed by atoms with Gasteiger partial charge in [-0.15, -0.1) is 16.4 Å². The van der Waals surface area contributed by atoms with Gasteiger partial charge in [0, 0.05) is 10.9 Å². The maximum atomic E-state index is 12.6. The predicted octanol–water partition coefficient (Wildman–Crippen LogP) is 4.21. The fourth-order valence-corrected chi connectivity index (χ4v) is 4.12. The normalized spacial score (nSPS) is 11.9. The first-order valence-electron chi connectivity index (χ1n) is 8.94. The Labute approximate surface area is 176 Å². The molecular formula is C20H18N6OS2. The van der Waals surface area contributed by atoms with Gasteiger partial charge in [0.2, 0.25) is 11.1 Å². The molecular weight excluding hydrogens is 404 g/mol. The zero-order valence-corrected chi connectivity index (χ0v) is 17.4. The van der Waals surface area contributed by atoms with Crippen molar-refractivity contribution in [3.8, 4) is 16.9 Å². The molecule has 1 unspecified atom stereocenters. The molecule has 0 bridgehead atoms. The fourth-order valence-electron chi connectivity index (χ4n) is 2.59. The smallest absolute Gasteiger partial charge is 0.239 e. The summed E-state index contributed by atoms with van der Waals surface area (Å²) in [6, 6.07) is 17.7. The van der Waals surface area contributed by atoms with Gasteiger partial charge in [0.1, 0.15) is 0 Å². The molecule has 0 spiro atoms. The molecule has 29 heavy (non-hydrogen) atoms. The second-order valence-electron chi connectivity index (χ2n) is 6.36. The number of hydrogen-bond donors (Lipinski definition) is 1. The highest BCUT2D eigenvalue weighted by Crippen LogP contribution is 2.27. The third-order valence-corrected chi connectivity index (χ3v) is 5.97. The number of tetrazole rings is 1. The highest BCUT2D eigenvalue weighted by molar-refractivity contribution is 8.00. The minimum atomic E-state index is -0.394. The van der Waals surface area contributed by atoms with Crippen LogP contribution in [-0.4, -0.2) is 36.3 Å². The van der Waals surface area contributed by atoms with Crippen LogP contribution in [0.2, 0.25) is 0 Å². The summed E-state index contributed by atoms with van der Waals surface area (Å²) in [5, 5.41) is 17.4. The van der Waals surface area contributed by atoms with E-state index in [9.17, 15) is 4.79 Å². The van der Waals surface area contributed by atoms with Crippen molar-refractivity contribution >= 4 is 34.1 Å². The quantitative estimate of drug-likeness (QED) is 0.469. The molecule has 1 amide bonds. The Bertz CT molecular complexity index is 1110. The van der Waals surface area contributed by atoms with Crippen molar-refractivity contribution in [2.75, 3.05) is 5.32 Å². The largest absolute Gasteiger partial charge is 0.301 e. The van der Waals surface area contributed by atoms with Crippen LogP contribution in [0.3, 0.4) is 0 Å². The fraction of sp³-hybridized carbons (Fsp3) is 0.150. The van der Waals surface area contributed by atoms with E-state index in [1.165, 1.54) is 23.1 Å². The van der Waals surface area contributed by atoms with Crippen LogP contribution in [0.25, 0.3) is 16.9 Å². The molecule has 1 N–H and O–H groups in total. The predicted molar refractivity (Wildman–Crippen MR) is 115 cm³/mol. The number of anilines is 1. The van der Waals surface area contributed by atoms with Crippen molar-refractivity contribution in [2.24, 2.45) is 0 Å². The number of hydrogen-bond acceptors (Lipinski definition) is 7. The second-order valence-corrected chi connectivity index (χ2v) is 8.53. The number of aryl methyl sites for hydroxylation is 1. The summed E-state index contributed by atoms with van der Waals surface area (Å²) in [7, 11) is 0. The molecule has 0 aliphatic carbocycles. The van der Waals surface area contributed by atoms with Crippen molar-refractivity contribution in [3.63, 3.8) is 0 Å². The van der Waals surface area contributed by atoms with E-state index in [2.05, 4.69) is 25.8 Å². The van der Waals surface area contributed by atoms with Crippen LogP contribution in [0.4, 0.5) is 5.13 Å². The molecule has 4 rings (SSSR count). The number of nitrogens with one attached hydrogen (secondary N) is 1. The van der Waals surface area contributed by atoms with Crippen LogP contribution in [0.15, 0.2) is 65.1 Å². The SMILES string of the molecule is Cc1ccc(-n2nnnc2SC(C)C(=O)Nc2nc(-c3ccccc3)cs2)cc1. The van der Waals surface area contributed by atoms with E-state index in [1.807, 2.05) is 73.8 Å². The molecule has 9 heteroatoms. The van der Waals surface area contributed by atoms with Gasteiger partial charge in [0.15, 0.2) is 5.13 Å². The molecule has 146 valence electrons. The Morgan fingerprint density at radius 3 is 2.66 bits per heavy atom. The van der Waals surface area contributed by atoms with Crippen LogP contribution >= 0.6 is 23.1 Å². The lowest BCUT2D eigenvalue weighted by atomic mass is 10.2. The number of benzene rings is 2. The van der Waals surface area contributed by atoms with Gasteiger partial charge in [-0.3, -0.25) is 4.79 Å². The van der Waals surface area contributed by atoms with Gasteiger partial charge < -0.3 is 5.32 Å². The summed E-state index contributed by atoms with van der Waals surface area (Å²) in [4.78, 5) is 17.1. The van der Waals surface area contributed by atoms with Crippen molar-refractivity contribution in [1.29, 1.82) is 0 Å². The summed E-state index contributed by atoms with van der Waals surface area (Å²) >= 11 is 2.70. The second kappa shape index (κ2) is 8.54. The van der Waals surface area contributed by atoms with Gasteiger partial charge in [-0.1, -0.05) is 59.8 Å². The summed E-state index contributed by atoms with van der Waals surface area (Å²) in [6.45, 7) is 3.84. The van der Waals surface area contributed by atoms with Crippen molar-refractivity contribution in [3.05, 3.63) is 65.5 Å². The van der Waals surface area contributed by atoms with E-state index in [0.29, 0.717) is 10.3 Å². The lowest BCUT2D eigenvalue weighted by molar-refractivity contribution is -0.115. The number of thiazole rings is 1. The zero-order chi connectivity index (χ0) is 20.2. The first-order chi connectivity index (χ1) is 14.1. The third kappa shape index (κ3) is 4.52. The topological polar surface area (TPSA) is 85.6 Å². The van der Waals surface area contributed by atoms with Gasteiger partial charge in [-0.25, -0.2) is 4.98 Å². The van der Waals surface area contributed by atoms with E-state index >= 15 is 0 Å². The molecule has 0 saturated carbocycles. The molecule has 0 fully saturated rings. The highest BCUT2D eigenvalue weighted by Gasteiger charge is 2.20. The third-order valence-electron chi connectivity index (χ3n) is 4.17. The lowest BCUT2D eigenvalue weighted by Crippen LogP contribution is -2.22. The van der Waals surface area contributed by atoms with Crippen molar-refractivity contribution in [1.82, 2.24) is 25.2 Å². The molecule has 0 saturated heterocycles. The molecule has 0 aliphatic heterocycles. The number of aromatic nitrogens is 5. The number of amides is 1. The van der Waals surface area contributed by atoms with Crippen LogP contribution in [0.1, 0.15) is 12.5 Å². The van der Waals surface area contributed by atoms with Crippen LogP contribution in [-0.2, 0) is 4.79 Å². The molecule has 7 nitrogen and oxygen atoms in total. The Hall–Kier alpha value is -3.04. The van der Waals surface area contributed by atoms with Gasteiger partial charge in [-0.05, 0) is 36.4 Å².